The minimum Gasteiger partial charge on any atom is -0.287 e. The van der Waals surface area contributed by atoms with Gasteiger partial charge in [-0.25, -0.2) is 0 Å². The first-order chi connectivity index (χ1) is 7.70. The van der Waals surface area contributed by atoms with E-state index in [-0.39, 0.29) is 17.0 Å². The highest BCUT2D eigenvalue weighted by Gasteiger charge is 2.21. The SMILES string of the molecule is O=C(c1cncs1)c1ccccc1[N+](=O)[O-]. The lowest BCUT2D eigenvalue weighted by molar-refractivity contribution is -0.385. The quantitative estimate of drug-likeness (QED) is 0.464. The van der Waals surface area contributed by atoms with Crippen molar-refractivity contribution in [3.05, 3.63) is 56.5 Å². The summed E-state index contributed by atoms with van der Waals surface area (Å²) in [5, 5.41) is 10.7. The topological polar surface area (TPSA) is 73.1 Å². The largest absolute Gasteiger partial charge is 0.287 e. The van der Waals surface area contributed by atoms with E-state index >= 15 is 0 Å². The Morgan fingerprint density at radius 3 is 2.75 bits per heavy atom. The van der Waals surface area contributed by atoms with Gasteiger partial charge in [-0.1, -0.05) is 12.1 Å². The lowest BCUT2D eigenvalue weighted by Gasteiger charge is -1.98. The molecule has 0 radical (unpaired) electrons. The van der Waals surface area contributed by atoms with Gasteiger partial charge in [-0.05, 0) is 6.07 Å². The number of aromatic nitrogens is 1. The summed E-state index contributed by atoms with van der Waals surface area (Å²) in [6.45, 7) is 0. The van der Waals surface area contributed by atoms with E-state index in [2.05, 4.69) is 4.98 Å². The third kappa shape index (κ3) is 1.82. The lowest BCUT2D eigenvalue weighted by atomic mass is 10.1. The predicted molar refractivity (Wildman–Crippen MR) is 58.6 cm³/mol. The zero-order valence-corrected chi connectivity index (χ0v) is 8.81. The summed E-state index contributed by atoms with van der Waals surface area (Å²) >= 11 is 1.16. The zero-order chi connectivity index (χ0) is 11.5. The second-order valence-electron chi connectivity index (χ2n) is 2.97. The number of nitro benzene ring substituents is 1. The predicted octanol–water partition coefficient (Wildman–Crippen LogP) is 2.28. The molecule has 0 aliphatic carbocycles. The number of nitro groups is 1. The van der Waals surface area contributed by atoms with Crippen LogP contribution in [0.3, 0.4) is 0 Å². The van der Waals surface area contributed by atoms with Crippen LogP contribution in [0.25, 0.3) is 0 Å². The molecule has 5 nitrogen and oxygen atoms in total. The first-order valence-electron chi connectivity index (χ1n) is 4.37. The standard InChI is InChI=1S/C10H6N2O3S/c13-10(9-5-11-6-16-9)7-3-1-2-4-8(7)12(14)15/h1-6H. The second kappa shape index (κ2) is 4.19. The highest BCUT2D eigenvalue weighted by Crippen LogP contribution is 2.22. The highest BCUT2D eigenvalue weighted by atomic mass is 32.1. The first kappa shape index (κ1) is 10.4. The van der Waals surface area contributed by atoms with Gasteiger partial charge in [0, 0.05) is 12.3 Å². The molecule has 0 N–H and O–H groups in total. The summed E-state index contributed by atoms with van der Waals surface area (Å²) in [7, 11) is 0. The number of nitrogens with zero attached hydrogens (tertiary/aromatic N) is 2. The van der Waals surface area contributed by atoms with Crippen LogP contribution in [0.2, 0.25) is 0 Å². The average Bonchev–Trinajstić information content (AvgIpc) is 2.81. The van der Waals surface area contributed by atoms with E-state index in [0.29, 0.717) is 4.88 Å². The van der Waals surface area contributed by atoms with Crippen molar-refractivity contribution < 1.29 is 9.72 Å². The van der Waals surface area contributed by atoms with E-state index in [9.17, 15) is 14.9 Å². The molecule has 16 heavy (non-hydrogen) atoms. The second-order valence-corrected chi connectivity index (χ2v) is 3.86. The molecule has 0 unspecified atom stereocenters. The van der Waals surface area contributed by atoms with E-state index in [1.807, 2.05) is 0 Å². The molecular formula is C10H6N2O3S. The van der Waals surface area contributed by atoms with Crippen LogP contribution in [-0.4, -0.2) is 15.7 Å². The minimum absolute atomic E-state index is 0.0942. The van der Waals surface area contributed by atoms with Crippen molar-refractivity contribution in [1.82, 2.24) is 4.98 Å². The van der Waals surface area contributed by atoms with E-state index in [4.69, 9.17) is 0 Å². The van der Waals surface area contributed by atoms with E-state index < -0.39 is 4.92 Å². The maximum Gasteiger partial charge on any atom is 0.280 e. The Morgan fingerprint density at radius 2 is 2.12 bits per heavy atom. The number of carbonyl (C=O) groups excluding carboxylic acids is 1. The van der Waals surface area contributed by atoms with Gasteiger partial charge in [0.15, 0.2) is 0 Å². The molecule has 0 aliphatic heterocycles. The Balaban J connectivity index is 2.49. The highest BCUT2D eigenvalue weighted by molar-refractivity contribution is 7.11. The van der Waals surface area contributed by atoms with Crippen molar-refractivity contribution >= 4 is 22.8 Å². The molecular weight excluding hydrogens is 228 g/mol. The number of ketones is 1. The fourth-order valence-corrected chi connectivity index (χ4v) is 1.86. The molecule has 1 aromatic heterocycles. The van der Waals surface area contributed by atoms with Gasteiger partial charge in [0.2, 0.25) is 5.78 Å². The van der Waals surface area contributed by atoms with Crippen LogP contribution in [-0.2, 0) is 0 Å². The van der Waals surface area contributed by atoms with Gasteiger partial charge >= 0.3 is 0 Å². The molecule has 0 saturated carbocycles. The number of carbonyl (C=O) groups is 1. The van der Waals surface area contributed by atoms with Crippen molar-refractivity contribution in [2.75, 3.05) is 0 Å². The van der Waals surface area contributed by atoms with Gasteiger partial charge in [0.25, 0.3) is 5.69 Å². The fourth-order valence-electron chi connectivity index (χ4n) is 1.29. The Bertz CT molecular complexity index is 537. The summed E-state index contributed by atoms with van der Waals surface area (Å²) in [6.07, 6.45) is 1.41. The van der Waals surface area contributed by atoms with Crippen LogP contribution >= 0.6 is 11.3 Å². The van der Waals surface area contributed by atoms with Crippen LogP contribution in [0.1, 0.15) is 15.2 Å². The molecule has 1 aromatic carbocycles. The molecule has 2 rings (SSSR count). The molecule has 0 amide bonds. The molecule has 2 aromatic rings. The van der Waals surface area contributed by atoms with Crippen molar-refractivity contribution in [3.63, 3.8) is 0 Å². The molecule has 0 saturated heterocycles. The molecule has 0 spiro atoms. The Hall–Kier alpha value is -2.08. The summed E-state index contributed by atoms with van der Waals surface area (Å²) in [5.41, 5.74) is 1.43. The van der Waals surface area contributed by atoms with Crippen LogP contribution < -0.4 is 0 Å². The number of benzene rings is 1. The summed E-state index contributed by atoms with van der Waals surface area (Å²) in [6, 6.07) is 5.89. The van der Waals surface area contributed by atoms with Crippen LogP contribution in [0.4, 0.5) is 5.69 Å². The molecule has 6 heteroatoms. The van der Waals surface area contributed by atoms with E-state index in [1.165, 1.54) is 29.9 Å². The van der Waals surface area contributed by atoms with E-state index in [0.717, 1.165) is 11.3 Å². The van der Waals surface area contributed by atoms with Crippen molar-refractivity contribution in [1.29, 1.82) is 0 Å². The van der Waals surface area contributed by atoms with E-state index in [1.54, 1.807) is 6.07 Å². The van der Waals surface area contributed by atoms with Gasteiger partial charge in [0.1, 0.15) is 5.56 Å². The van der Waals surface area contributed by atoms with Gasteiger partial charge in [-0.15, -0.1) is 11.3 Å². The lowest BCUT2D eigenvalue weighted by Crippen LogP contribution is -2.03. The van der Waals surface area contributed by atoms with Gasteiger partial charge in [-0.2, -0.15) is 0 Å². The number of hydrogen-bond donors (Lipinski definition) is 0. The Kier molecular flexibility index (Phi) is 2.74. The van der Waals surface area contributed by atoms with Crippen LogP contribution in [0.5, 0.6) is 0 Å². The molecule has 1 heterocycles. The van der Waals surface area contributed by atoms with Crippen molar-refractivity contribution in [2.45, 2.75) is 0 Å². The number of thiazole rings is 1. The first-order valence-corrected chi connectivity index (χ1v) is 5.24. The van der Waals surface area contributed by atoms with Crippen molar-refractivity contribution in [3.8, 4) is 0 Å². The van der Waals surface area contributed by atoms with Crippen LogP contribution in [0, 0.1) is 10.1 Å². The third-order valence-corrected chi connectivity index (χ3v) is 2.77. The monoisotopic (exact) mass is 234 g/mol. The summed E-state index contributed by atoms with van der Waals surface area (Å²) in [4.78, 5) is 26.2. The molecule has 0 atom stereocenters. The summed E-state index contributed by atoms with van der Waals surface area (Å²) < 4.78 is 0. The summed E-state index contributed by atoms with van der Waals surface area (Å²) in [5.74, 6) is -0.366. The number of para-hydroxylation sites is 1. The molecule has 0 bridgehead atoms. The maximum absolute atomic E-state index is 11.9. The zero-order valence-electron chi connectivity index (χ0n) is 7.99. The third-order valence-electron chi connectivity index (χ3n) is 2.00. The van der Waals surface area contributed by atoms with Crippen LogP contribution in [0.15, 0.2) is 36.0 Å². The molecule has 0 aliphatic rings. The van der Waals surface area contributed by atoms with Crippen molar-refractivity contribution in [2.24, 2.45) is 0 Å². The number of rotatable bonds is 3. The average molecular weight is 234 g/mol. The fraction of sp³-hybridized carbons (Fsp3) is 0. The molecule has 80 valence electrons. The molecule has 0 fully saturated rings. The van der Waals surface area contributed by atoms with Gasteiger partial charge in [0.05, 0.1) is 15.3 Å². The Labute approximate surface area is 94.5 Å². The smallest absolute Gasteiger partial charge is 0.280 e. The Morgan fingerprint density at radius 1 is 1.38 bits per heavy atom. The normalized spacial score (nSPS) is 10.0. The van der Waals surface area contributed by atoms with Gasteiger partial charge < -0.3 is 0 Å². The number of hydrogen-bond acceptors (Lipinski definition) is 5. The van der Waals surface area contributed by atoms with Gasteiger partial charge in [-0.3, -0.25) is 19.9 Å². The minimum atomic E-state index is -0.561. The maximum atomic E-state index is 11.9.